The zero-order valence-corrected chi connectivity index (χ0v) is 15.9. The zero-order chi connectivity index (χ0) is 18.1. The summed E-state index contributed by atoms with van der Waals surface area (Å²) in [7, 11) is 1.61. The minimum atomic E-state index is -0.320. The van der Waals surface area contributed by atoms with Gasteiger partial charge in [0, 0.05) is 23.9 Å². The Morgan fingerprint density at radius 3 is 2.76 bits per heavy atom. The van der Waals surface area contributed by atoms with Gasteiger partial charge in [0.15, 0.2) is 0 Å². The fourth-order valence-electron chi connectivity index (χ4n) is 2.54. The fourth-order valence-corrected chi connectivity index (χ4v) is 3.92. The Hall–Kier alpha value is -1.86. The van der Waals surface area contributed by atoms with Crippen LogP contribution in [0.5, 0.6) is 0 Å². The van der Waals surface area contributed by atoms with Crippen LogP contribution in [0.25, 0.3) is 10.2 Å². The number of hydrogen-bond donors (Lipinski definition) is 2. The maximum absolute atomic E-state index is 12.6. The molecule has 25 heavy (non-hydrogen) atoms. The van der Waals surface area contributed by atoms with Gasteiger partial charge in [-0.05, 0) is 36.8 Å². The number of fused-ring (bicyclic) bond motifs is 1. The third-order valence-corrected chi connectivity index (χ3v) is 5.43. The summed E-state index contributed by atoms with van der Waals surface area (Å²) in [5.41, 5.74) is 8.93. The van der Waals surface area contributed by atoms with Gasteiger partial charge < -0.3 is 15.8 Å². The van der Waals surface area contributed by atoms with E-state index in [4.69, 9.17) is 33.7 Å². The first-order valence-electron chi connectivity index (χ1n) is 7.34. The molecule has 0 saturated heterocycles. The van der Waals surface area contributed by atoms with Crippen LogP contribution in [-0.2, 0) is 11.3 Å². The molecule has 3 aromatic rings. The molecular weight excluding hydrogens is 381 g/mol. The number of methoxy groups -OCH3 is 1. The van der Waals surface area contributed by atoms with E-state index in [0.717, 1.165) is 16.6 Å². The van der Waals surface area contributed by atoms with E-state index in [1.54, 1.807) is 25.3 Å². The van der Waals surface area contributed by atoms with E-state index in [1.165, 1.54) is 11.3 Å². The topological polar surface area (TPSA) is 77.2 Å². The van der Waals surface area contributed by atoms with Gasteiger partial charge >= 0.3 is 0 Å². The number of carbonyl (C=O) groups is 1. The lowest BCUT2D eigenvalue weighted by atomic mass is 10.1. The molecule has 8 heteroatoms. The molecule has 0 aliphatic rings. The normalized spacial score (nSPS) is 11.0. The highest BCUT2D eigenvalue weighted by Gasteiger charge is 2.20. The van der Waals surface area contributed by atoms with E-state index in [0.29, 0.717) is 37.7 Å². The maximum Gasteiger partial charge on any atom is 0.267 e. The Labute approximate surface area is 158 Å². The number of nitrogens with zero attached hydrogens (tertiary/aromatic N) is 1. The molecule has 0 aliphatic carbocycles. The molecule has 1 amide bonds. The number of carbonyl (C=O) groups excluding carboxylic acids is 1. The van der Waals surface area contributed by atoms with Crippen LogP contribution >= 0.6 is 34.5 Å². The summed E-state index contributed by atoms with van der Waals surface area (Å²) in [4.78, 5) is 18.2. The summed E-state index contributed by atoms with van der Waals surface area (Å²) in [5.74, 6) is -0.320. The van der Waals surface area contributed by atoms with Crippen molar-refractivity contribution in [1.29, 1.82) is 0 Å². The van der Waals surface area contributed by atoms with Crippen LogP contribution in [0.15, 0.2) is 24.3 Å². The lowest BCUT2D eigenvalue weighted by molar-refractivity contribution is 0.103. The number of pyridine rings is 1. The Balaban J connectivity index is 2.00. The summed E-state index contributed by atoms with van der Waals surface area (Å²) in [6.07, 6.45) is 0. The highest BCUT2D eigenvalue weighted by molar-refractivity contribution is 7.21. The number of anilines is 2. The first-order valence-corrected chi connectivity index (χ1v) is 8.91. The van der Waals surface area contributed by atoms with Crippen LogP contribution in [-0.4, -0.2) is 18.0 Å². The van der Waals surface area contributed by atoms with Crippen molar-refractivity contribution in [2.75, 3.05) is 18.2 Å². The summed E-state index contributed by atoms with van der Waals surface area (Å²) in [5, 5.41) is 4.33. The highest BCUT2D eigenvalue weighted by atomic mass is 35.5. The van der Waals surface area contributed by atoms with Gasteiger partial charge in [-0.1, -0.05) is 23.2 Å². The molecular formula is C17H15Cl2N3O2S. The largest absolute Gasteiger partial charge is 0.397 e. The van der Waals surface area contributed by atoms with Crippen LogP contribution in [0.2, 0.25) is 10.0 Å². The smallest absolute Gasteiger partial charge is 0.267 e. The monoisotopic (exact) mass is 395 g/mol. The van der Waals surface area contributed by atoms with Crippen LogP contribution in [0, 0.1) is 6.92 Å². The lowest BCUT2D eigenvalue weighted by Gasteiger charge is -2.06. The first kappa shape index (κ1) is 17.9. The van der Waals surface area contributed by atoms with E-state index >= 15 is 0 Å². The van der Waals surface area contributed by atoms with E-state index in [9.17, 15) is 4.79 Å². The average molecular weight is 396 g/mol. The van der Waals surface area contributed by atoms with E-state index in [1.807, 2.05) is 13.0 Å². The highest BCUT2D eigenvalue weighted by Crippen LogP contribution is 2.36. The first-order chi connectivity index (χ1) is 11.9. The number of nitrogens with one attached hydrogen (secondary N) is 1. The van der Waals surface area contributed by atoms with E-state index in [2.05, 4.69) is 10.3 Å². The Morgan fingerprint density at radius 2 is 2.08 bits per heavy atom. The molecule has 0 aliphatic heterocycles. The molecule has 0 unspecified atom stereocenters. The van der Waals surface area contributed by atoms with E-state index in [-0.39, 0.29) is 5.91 Å². The molecule has 0 atom stereocenters. The minimum absolute atomic E-state index is 0.320. The number of aryl methyl sites for hydroxylation is 1. The number of benzene rings is 1. The van der Waals surface area contributed by atoms with Crippen molar-refractivity contribution in [3.8, 4) is 0 Å². The number of aromatic nitrogens is 1. The summed E-state index contributed by atoms with van der Waals surface area (Å²) < 4.78 is 5.23. The van der Waals surface area contributed by atoms with Crippen molar-refractivity contribution in [3.05, 3.63) is 50.4 Å². The number of amides is 1. The Bertz CT molecular complexity index is 972. The Morgan fingerprint density at radius 1 is 1.32 bits per heavy atom. The molecule has 0 radical (unpaired) electrons. The number of nitrogens with two attached hydrogens (primary N) is 1. The predicted molar refractivity (Wildman–Crippen MR) is 104 cm³/mol. The van der Waals surface area contributed by atoms with Crippen molar-refractivity contribution in [2.45, 2.75) is 13.5 Å². The van der Waals surface area contributed by atoms with Gasteiger partial charge in [0.25, 0.3) is 5.91 Å². The van der Waals surface area contributed by atoms with Crippen molar-refractivity contribution in [1.82, 2.24) is 4.98 Å². The number of halogens is 2. The second-order valence-electron chi connectivity index (χ2n) is 5.46. The van der Waals surface area contributed by atoms with Gasteiger partial charge in [-0.15, -0.1) is 11.3 Å². The van der Waals surface area contributed by atoms with Crippen LogP contribution in [0.1, 0.15) is 20.9 Å². The molecule has 2 heterocycles. The molecule has 2 aromatic heterocycles. The Kier molecular flexibility index (Phi) is 5.15. The van der Waals surface area contributed by atoms with Crippen LogP contribution < -0.4 is 11.1 Å². The molecule has 3 rings (SSSR count). The lowest BCUT2D eigenvalue weighted by Crippen LogP contribution is -2.12. The second kappa shape index (κ2) is 7.17. The molecule has 0 bridgehead atoms. The van der Waals surface area contributed by atoms with Crippen molar-refractivity contribution < 1.29 is 9.53 Å². The third kappa shape index (κ3) is 3.57. The summed E-state index contributed by atoms with van der Waals surface area (Å²) >= 11 is 13.1. The molecule has 0 spiro atoms. The maximum atomic E-state index is 12.6. The van der Waals surface area contributed by atoms with Crippen LogP contribution in [0.4, 0.5) is 11.4 Å². The average Bonchev–Trinajstić information content (AvgIpc) is 2.88. The SMILES string of the molecule is COCc1cc(C)nc2sc(C(=O)Nc3ccc(Cl)c(Cl)c3)c(N)c12. The number of thiophene rings is 1. The standard InChI is InChI=1S/C17H15Cl2N3O2S/c1-8-5-9(7-24-2)13-14(20)15(25-17(13)21-8)16(23)22-10-3-4-11(18)12(19)6-10/h3-6H,7,20H2,1-2H3,(H,22,23). The number of ether oxygens (including phenoxy) is 1. The van der Waals surface area contributed by atoms with Crippen molar-refractivity contribution in [3.63, 3.8) is 0 Å². The van der Waals surface area contributed by atoms with Crippen LogP contribution in [0.3, 0.4) is 0 Å². The second-order valence-corrected chi connectivity index (χ2v) is 7.28. The van der Waals surface area contributed by atoms with Gasteiger partial charge in [-0.2, -0.15) is 0 Å². The van der Waals surface area contributed by atoms with Crippen molar-refractivity contribution >= 4 is 62.0 Å². The molecule has 0 fully saturated rings. The zero-order valence-electron chi connectivity index (χ0n) is 13.5. The van der Waals surface area contributed by atoms with Gasteiger partial charge in [-0.25, -0.2) is 4.98 Å². The minimum Gasteiger partial charge on any atom is -0.397 e. The summed E-state index contributed by atoms with van der Waals surface area (Å²) in [6.45, 7) is 2.29. The summed E-state index contributed by atoms with van der Waals surface area (Å²) in [6, 6.07) is 6.80. The third-order valence-electron chi connectivity index (χ3n) is 3.59. The van der Waals surface area contributed by atoms with Gasteiger partial charge in [0.05, 0.1) is 22.3 Å². The molecule has 130 valence electrons. The predicted octanol–water partition coefficient (Wildman–Crippen LogP) is 4.89. The number of nitrogen functional groups attached to an aromatic ring is 1. The van der Waals surface area contributed by atoms with Gasteiger partial charge in [0.2, 0.25) is 0 Å². The van der Waals surface area contributed by atoms with E-state index < -0.39 is 0 Å². The van der Waals surface area contributed by atoms with Crippen molar-refractivity contribution in [2.24, 2.45) is 0 Å². The number of rotatable bonds is 4. The number of hydrogen-bond acceptors (Lipinski definition) is 5. The molecule has 3 N–H and O–H groups in total. The quantitative estimate of drug-likeness (QED) is 0.658. The molecule has 0 saturated carbocycles. The van der Waals surface area contributed by atoms with Gasteiger partial charge in [-0.3, -0.25) is 4.79 Å². The van der Waals surface area contributed by atoms with Gasteiger partial charge in [0.1, 0.15) is 9.71 Å². The fraction of sp³-hybridized carbons (Fsp3) is 0.176. The molecule has 1 aromatic carbocycles. The molecule has 5 nitrogen and oxygen atoms in total.